The van der Waals surface area contributed by atoms with Crippen LogP contribution in [0.3, 0.4) is 0 Å². The topological polar surface area (TPSA) is 0 Å². The van der Waals surface area contributed by atoms with E-state index in [2.05, 4.69) is 62.5 Å². The highest BCUT2D eigenvalue weighted by atomic mass is 14.0. The Kier molecular flexibility index (Phi) is 6.08. The number of aryl methyl sites for hydroxylation is 2. The first-order valence-electron chi connectivity index (χ1n) is 6.99. The number of hydrogen-bond acceptors (Lipinski definition) is 0. The van der Waals surface area contributed by atoms with Gasteiger partial charge < -0.3 is 0 Å². The monoisotopic (exact) mass is 252 g/mol. The van der Waals surface area contributed by atoms with Gasteiger partial charge in [-0.15, -0.1) is 0 Å². The predicted molar refractivity (Wildman–Crippen MR) is 86.7 cm³/mol. The van der Waals surface area contributed by atoms with Gasteiger partial charge >= 0.3 is 0 Å². The molecule has 0 heteroatoms. The minimum atomic E-state index is 1.03. The molecule has 0 spiro atoms. The van der Waals surface area contributed by atoms with Gasteiger partial charge in [0.25, 0.3) is 0 Å². The van der Waals surface area contributed by atoms with Crippen molar-refractivity contribution in [1.29, 1.82) is 0 Å². The number of benzene rings is 2. The van der Waals surface area contributed by atoms with Crippen LogP contribution < -0.4 is 10.4 Å². The van der Waals surface area contributed by atoms with Gasteiger partial charge in [-0.25, -0.2) is 0 Å². The number of rotatable bonds is 3. The van der Waals surface area contributed by atoms with Gasteiger partial charge in [0.2, 0.25) is 0 Å². The first kappa shape index (κ1) is 15.2. The molecular weight excluding hydrogens is 228 g/mol. The van der Waals surface area contributed by atoms with Crippen molar-refractivity contribution in [3.8, 4) is 0 Å². The molecule has 0 aliphatic heterocycles. The van der Waals surface area contributed by atoms with E-state index in [0.717, 1.165) is 23.3 Å². The summed E-state index contributed by atoms with van der Waals surface area (Å²) in [5.41, 5.74) is 4.05. The standard InChI is InChI=1S/C17H18.C2H6/c1-13-9-11-17(15(3)14(13)2)12-10-16-7-5-4-6-8-16;1-2/h4-9,11H,1-2,10,12H2,3H3;1-2H3. The molecule has 100 valence electrons. The summed E-state index contributed by atoms with van der Waals surface area (Å²) in [7, 11) is 0. The molecule has 0 radical (unpaired) electrons. The van der Waals surface area contributed by atoms with Gasteiger partial charge in [0.05, 0.1) is 0 Å². The summed E-state index contributed by atoms with van der Waals surface area (Å²) in [4.78, 5) is 0. The average Bonchev–Trinajstić information content (AvgIpc) is 2.47. The molecule has 0 nitrogen and oxygen atoms in total. The van der Waals surface area contributed by atoms with Crippen LogP contribution in [0.25, 0.3) is 13.2 Å². The second-order valence-corrected chi connectivity index (χ2v) is 4.47. The molecule has 2 aromatic carbocycles. The van der Waals surface area contributed by atoms with Gasteiger partial charge in [0, 0.05) is 0 Å². The molecule has 2 aromatic rings. The zero-order valence-corrected chi connectivity index (χ0v) is 12.4. The van der Waals surface area contributed by atoms with Crippen LogP contribution in [0.2, 0.25) is 0 Å². The van der Waals surface area contributed by atoms with Gasteiger partial charge in [-0.1, -0.05) is 69.5 Å². The largest absolute Gasteiger partial charge is 0.0912 e. The van der Waals surface area contributed by atoms with Crippen LogP contribution in [0.5, 0.6) is 0 Å². The fourth-order valence-electron chi connectivity index (χ4n) is 2.06. The third-order valence-electron chi connectivity index (χ3n) is 3.33. The summed E-state index contributed by atoms with van der Waals surface area (Å²) >= 11 is 0. The third kappa shape index (κ3) is 4.10. The Hall–Kier alpha value is -1.82. The van der Waals surface area contributed by atoms with Gasteiger partial charge in [-0.3, -0.25) is 0 Å². The van der Waals surface area contributed by atoms with E-state index in [1.807, 2.05) is 13.8 Å². The lowest BCUT2D eigenvalue weighted by Crippen LogP contribution is -2.25. The molecule has 2 rings (SSSR count). The number of hydrogen-bond donors (Lipinski definition) is 0. The van der Waals surface area contributed by atoms with Crippen molar-refractivity contribution in [2.24, 2.45) is 0 Å². The first-order chi connectivity index (χ1) is 9.18. The first-order valence-corrected chi connectivity index (χ1v) is 6.99. The Morgan fingerprint density at radius 1 is 0.842 bits per heavy atom. The molecule has 0 fully saturated rings. The van der Waals surface area contributed by atoms with Crippen molar-refractivity contribution in [3.63, 3.8) is 0 Å². The third-order valence-corrected chi connectivity index (χ3v) is 3.33. The molecule has 0 unspecified atom stereocenters. The van der Waals surface area contributed by atoms with E-state index in [0.29, 0.717) is 0 Å². The van der Waals surface area contributed by atoms with Crippen LogP contribution in [-0.2, 0) is 12.8 Å². The molecule has 0 saturated carbocycles. The maximum atomic E-state index is 4.07. The minimum absolute atomic E-state index is 1.03. The lowest BCUT2D eigenvalue weighted by atomic mass is 9.99. The van der Waals surface area contributed by atoms with Crippen LogP contribution in [0.15, 0.2) is 42.5 Å². The molecule has 0 saturated heterocycles. The highest BCUT2D eigenvalue weighted by Crippen LogP contribution is 2.07. The SMILES string of the molecule is C=c1ccc(CCc2ccccc2)c(C)c1=C.CC. The van der Waals surface area contributed by atoms with Crippen LogP contribution >= 0.6 is 0 Å². The maximum Gasteiger partial charge on any atom is -0.0230 e. The van der Waals surface area contributed by atoms with Crippen molar-refractivity contribution in [3.05, 3.63) is 69.6 Å². The Balaban J connectivity index is 0.000000861. The molecular formula is C19H24. The van der Waals surface area contributed by atoms with Crippen LogP contribution in [-0.4, -0.2) is 0 Å². The van der Waals surface area contributed by atoms with Gasteiger partial charge in [-0.2, -0.15) is 0 Å². The van der Waals surface area contributed by atoms with Gasteiger partial charge in [0.15, 0.2) is 0 Å². The second kappa shape index (κ2) is 7.58. The van der Waals surface area contributed by atoms with Crippen LogP contribution in [0.1, 0.15) is 30.5 Å². The van der Waals surface area contributed by atoms with Gasteiger partial charge in [0.1, 0.15) is 0 Å². The smallest absolute Gasteiger partial charge is 0.0230 e. The zero-order chi connectivity index (χ0) is 14.3. The van der Waals surface area contributed by atoms with Crippen molar-refractivity contribution in [2.75, 3.05) is 0 Å². The molecule has 0 aliphatic carbocycles. The summed E-state index contributed by atoms with van der Waals surface area (Å²) in [5.74, 6) is 0. The Morgan fingerprint density at radius 2 is 1.47 bits per heavy atom. The van der Waals surface area contributed by atoms with E-state index >= 15 is 0 Å². The summed E-state index contributed by atoms with van der Waals surface area (Å²) in [6.07, 6.45) is 2.15. The van der Waals surface area contributed by atoms with Crippen molar-refractivity contribution < 1.29 is 0 Å². The van der Waals surface area contributed by atoms with E-state index in [1.165, 1.54) is 16.7 Å². The second-order valence-electron chi connectivity index (χ2n) is 4.47. The molecule has 0 bridgehead atoms. The summed E-state index contributed by atoms with van der Waals surface area (Å²) < 4.78 is 0. The van der Waals surface area contributed by atoms with Crippen molar-refractivity contribution in [1.82, 2.24) is 0 Å². The summed E-state index contributed by atoms with van der Waals surface area (Å²) in [6.45, 7) is 14.2. The van der Waals surface area contributed by atoms with Crippen molar-refractivity contribution in [2.45, 2.75) is 33.6 Å². The average molecular weight is 252 g/mol. The molecule has 0 N–H and O–H groups in total. The van der Waals surface area contributed by atoms with Crippen LogP contribution in [0.4, 0.5) is 0 Å². The van der Waals surface area contributed by atoms with E-state index in [1.54, 1.807) is 0 Å². The molecule has 0 amide bonds. The molecule has 0 aliphatic rings. The molecule has 0 heterocycles. The normalized spacial score (nSPS) is 9.63. The van der Waals surface area contributed by atoms with E-state index in [4.69, 9.17) is 0 Å². The fourth-order valence-corrected chi connectivity index (χ4v) is 2.06. The Morgan fingerprint density at radius 3 is 2.11 bits per heavy atom. The highest BCUT2D eigenvalue weighted by Gasteiger charge is 2.00. The van der Waals surface area contributed by atoms with Gasteiger partial charge in [-0.05, 0) is 46.9 Å². The lowest BCUT2D eigenvalue weighted by Gasteiger charge is -2.06. The lowest BCUT2D eigenvalue weighted by molar-refractivity contribution is 0.945. The summed E-state index contributed by atoms with van der Waals surface area (Å²) in [5, 5.41) is 2.11. The van der Waals surface area contributed by atoms with E-state index in [9.17, 15) is 0 Å². The fraction of sp³-hybridized carbons (Fsp3) is 0.263. The van der Waals surface area contributed by atoms with E-state index < -0.39 is 0 Å². The Labute approximate surface area is 117 Å². The minimum Gasteiger partial charge on any atom is -0.0912 e. The predicted octanol–water partition coefficient (Wildman–Crippen LogP) is 3.63. The molecule has 0 atom stereocenters. The van der Waals surface area contributed by atoms with Crippen LogP contribution in [0, 0.1) is 6.92 Å². The molecule has 0 aromatic heterocycles. The zero-order valence-electron chi connectivity index (χ0n) is 12.4. The summed E-state index contributed by atoms with van der Waals surface area (Å²) in [6, 6.07) is 14.8. The highest BCUT2D eigenvalue weighted by molar-refractivity contribution is 5.32. The van der Waals surface area contributed by atoms with E-state index in [-0.39, 0.29) is 0 Å². The maximum absolute atomic E-state index is 4.07. The van der Waals surface area contributed by atoms with Crippen molar-refractivity contribution >= 4 is 13.2 Å². The Bertz CT molecular complexity index is 594. The quantitative estimate of drug-likeness (QED) is 0.782. The molecule has 19 heavy (non-hydrogen) atoms.